The minimum absolute atomic E-state index is 0.0573. The van der Waals surface area contributed by atoms with E-state index in [1.807, 2.05) is 37.3 Å². The van der Waals surface area contributed by atoms with E-state index in [9.17, 15) is 18.0 Å². The number of aromatic nitrogens is 2. The number of alkyl halides is 3. The molecule has 0 fully saturated rings. The lowest BCUT2D eigenvalue weighted by Gasteiger charge is -2.25. The van der Waals surface area contributed by atoms with E-state index in [2.05, 4.69) is 5.10 Å². The molecule has 2 heterocycles. The number of halogens is 3. The number of hydrogen-bond donors (Lipinski definition) is 0. The van der Waals surface area contributed by atoms with Crippen LogP contribution in [0.5, 0.6) is 0 Å². The summed E-state index contributed by atoms with van der Waals surface area (Å²) < 4.78 is 40.6. The summed E-state index contributed by atoms with van der Waals surface area (Å²) >= 11 is 1.20. The van der Waals surface area contributed by atoms with Crippen molar-refractivity contribution in [2.24, 2.45) is 5.92 Å². The largest absolute Gasteiger partial charge is 0.406 e. The second-order valence-electron chi connectivity index (χ2n) is 7.25. The van der Waals surface area contributed by atoms with Crippen LogP contribution in [-0.4, -0.2) is 39.9 Å². The lowest BCUT2D eigenvalue weighted by atomic mass is 10.2. The predicted molar refractivity (Wildman–Crippen MR) is 105 cm³/mol. The molecule has 0 saturated carbocycles. The van der Waals surface area contributed by atoms with Gasteiger partial charge in [-0.2, -0.15) is 18.3 Å². The fourth-order valence-electron chi connectivity index (χ4n) is 3.11. The summed E-state index contributed by atoms with van der Waals surface area (Å²) in [7, 11) is 0. The molecule has 0 aliphatic heterocycles. The average Bonchev–Trinajstić information content (AvgIpc) is 3.15. The van der Waals surface area contributed by atoms with Gasteiger partial charge in [-0.25, -0.2) is 0 Å². The fourth-order valence-corrected chi connectivity index (χ4v) is 4.24. The maximum absolute atomic E-state index is 12.9. The number of carbonyl (C=O) groups excluding carboxylic acids is 1. The first-order valence-electron chi connectivity index (χ1n) is 9.01. The molecule has 3 rings (SSSR count). The third kappa shape index (κ3) is 4.73. The molecule has 4 nitrogen and oxygen atoms in total. The number of fused-ring (bicyclic) bond motifs is 1. The van der Waals surface area contributed by atoms with Crippen molar-refractivity contribution in [3.05, 3.63) is 52.5 Å². The number of hydrogen-bond acceptors (Lipinski definition) is 3. The second-order valence-corrected chi connectivity index (χ2v) is 8.28. The first-order chi connectivity index (χ1) is 13.1. The van der Waals surface area contributed by atoms with Crippen LogP contribution in [0.25, 0.3) is 10.2 Å². The Hall–Kier alpha value is -2.35. The minimum Gasteiger partial charge on any atom is -0.329 e. The van der Waals surface area contributed by atoms with Crippen molar-refractivity contribution in [3.8, 4) is 0 Å². The van der Waals surface area contributed by atoms with Crippen LogP contribution >= 0.6 is 11.3 Å². The number of carbonyl (C=O) groups is 1. The van der Waals surface area contributed by atoms with E-state index < -0.39 is 18.6 Å². The maximum Gasteiger partial charge on any atom is 0.406 e. The van der Waals surface area contributed by atoms with E-state index in [4.69, 9.17) is 0 Å². The Bertz CT molecular complexity index is 960. The fraction of sp³-hybridized carbons (Fsp3) is 0.400. The topological polar surface area (TPSA) is 38.1 Å². The Balaban J connectivity index is 1.92. The summed E-state index contributed by atoms with van der Waals surface area (Å²) in [6, 6.07) is 11.4. The zero-order valence-corrected chi connectivity index (χ0v) is 16.8. The van der Waals surface area contributed by atoms with Crippen LogP contribution in [-0.2, 0) is 6.54 Å². The van der Waals surface area contributed by atoms with Crippen molar-refractivity contribution in [1.82, 2.24) is 14.7 Å². The SMILES string of the molecule is Cc1nn(Cc2ccccc2)c2sc(C(=O)N(CC(C)C)CC(F)(F)F)cc12. The molecule has 28 heavy (non-hydrogen) atoms. The van der Waals surface area contributed by atoms with Gasteiger partial charge in [-0.1, -0.05) is 44.2 Å². The molecular weight excluding hydrogens is 387 g/mol. The van der Waals surface area contributed by atoms with Crippen LogP contribution in [0.4, 0.5) is 13.2 Å². The van der Waals surface area contributed by atoms with Crippen LogP contribution in [0.2, 0.25) is 0 Å². The molecule has 1 amide bonds. The Labute approximate surface area is 165 Å². The summed E-state index contributed by atoms with van der Waals surface area (Å²) in [5, 5.41) is 5.33. The number of thiophene rings is 1. The highest BCUT2D eigenvalue weighted by molar-refractivity contribution is 7.20. The predicted octanol–water partition coefficient (Wildman–Crippen LogP) is 5.12. The van der Waals surface area contributed by atoms with Crippen molar-refractivity contribution in [3.63, 3.8) is 0 Å². The Morgan fingerprint density at radius 2 is 1.93 bits per heavy atom. The molecule has 0 unspecified atom stereocenters. The van der Waals surface area contributed by atoms with E-state index in [1.165, 1.54) is 11.3 Å². The van der Waals surface area contributed by atoms with Gasteiger partial charge in [0.25, 0.3) is 5.91 Å². The molecule has 150 valence electrons. The number of rotatable bonds is 6. The first kappa shape index (κ1) is 20.4. The van der Waals surface area contributed by atoms with E-state index in [0.717, 1.165) is 26.4 Å². The molecular formula is C20H22F3N3OS. The van der Waals surface area contributed by atoms with Crippen molar-refractivity contribution in [2.45, 2.75) is 33.5 Å². The molecule has 2 aromatic heterocycles. The highest BCUT2D eigenvalue weighted by Gasteiger charge is 2.34. The van der Waals surface area contributed by atoms with Crippen molar-refractivity contribution in [2.75, 3.05) is 13.1 Å². The Morgan fingerprint density at radius 1 is 1.25 bits per heavy atom. The zero-order valence-electron chi connectivity index (χ0n) is 16.0. The van der Waals surface area contributed by atoms with Crippen LogP contribution in [0.15, 0.2) is 36.4 Å². The van der Waals surface area contributed by atoms with Crippen molar-refractivity contribution < 1.29 is 18.0 Å². The minimum atomic E-state index is -4.43. The van der Waals surface area contributed by atoms with E-state index >= 15 is 0 Å². The molecule has 0 aliphatic carbocycles. The number of nitrogens with zero attached hydrogens (tertiary/aromatic N) is 3. The molecule has 0 radical (unpaired) electrons. The van der Waals surface area contributed by atoms with Gasteiger partial charge in [0.05, 0.1) is 17.1 Å². The standard InChI is InChI=1S/C20H22F3N3OS/c1-13(2)10-25(12-20(21,22)23)18(27)17-9-16-14(3)24-26(19(16)28-17)11-15-7-5-4-6-8-15/h4-9,13H,10-12H2,1-3H3. The van der Waals surface area contributed by atoms with Gasteiger partial charge in [0, 0.05) is 11.9 Å². The third-order valence-electron chi connectivity index (χ3n) is 4.24. The molecule has 0 spiro atoms. The first-order valence-corrected chi connectivity index (χ1v) is 9.82. The maximum atomic E-state index is 12.9. The van der Waals surface area contributed by atoms with Gasteiger partial charge in [0.15, 0.2) is 0 Å². The zero-order chi connectivity index (χ0) is 20.5. The highest BCUT2D eigenvalue weighted by Crippen LogP contribution is 2.30. The number of amides is 1. The van der Waals surface area contributed by atoms with Gasteiger partial charge in [-0.05, 0) is 24.5 Å². The quantitative estimate of drug-likeness (QED) is 0.567. The van der Waals surface area contributed by atoms with E-state index in [0.29, 0.717) is 11.4 Å². The van der Waals surface area contributed by atoms with Gasteiger partial charge in [-0.15, -0.1) is 11.3 Å². The Kier molecular flexibility index (Phi) is 5.79. The van der Waals surface area contributed by atoms with Gasteiger partial charge >= 0.3 is 6.18 Å². The monoisotopic (exact) mass is 409 g/mol. The van der Waals surface area contributed by atoms with E-state index in [-0.39, 0.29) is 12.5 Å². The number of aryl methyl sites for hydroxylation is 1. The molecule has 0 atom stereocenters. The molecule has 8 heteroatoms. The van der Waals surface area contributed by atoms with Gasteiger partial charge in [0.2, 0.25) is 0 Å². The van der Waals surface area contributed by atoms with E-state index in [1.54, 1.807) is 24.6 Å². The average molecular weight is 409 g/mol. The highest BCUT2D eigenvalue weighted by atomic mass is 32.1. The third-order valence-corrected chi connectivity index (χ3v) is 5.37. The van der Waals surface area contributed by atoms with Gasteiger partial charge in [0.1, 0.15) is 11.4 Å². The second kappa shape index (κ2) is 7.95. The lowest BCUT2D eigenvalue weighted by Crippen LogP contribution is -2.40. The molecule has 3 aromatic rings. The lowest BCUT2D eigenvalue weighted by molar-refractivity contribution is -0.141. The molecule has 0 bridgehead atoms. The van der Waals surface area contributed by atoms with Gasteiger partial charge in [-0.3, -0.25) is 9.48 Å². The Morgan fingerprint density at radius 3 is 2.54 bits per heavy atom. The van der Waals surface area contributed by atoms with Crippen LogP contribution in [0.3, 0.4) is 0 Å². The molecule has 1 aromatic carbocycles. The number of benzene rings is 1. The van der Waals surface area contributed by atoms with Crippen LogP contribution < -0.4 is 0 Å². The normalized spacial score (nSPS) is 12.1. The summed E-state index contributed by atoms with van der Waals surface area (Å²) in [4.78, 5) is 14.8. The smallest absolute Gasteiger partial charge is 0.329 e. The van der Waals surface area contributed by atoms with Crippen molar-refractivity contribution >= 4 is 27.5 Å². The van der Waals surface area contributed by atoms with Gasteiger partial charge < -0.3 is 4.90 Å². The molecule has 0 aliphatic rings. The summed E-state index contributed by atoms with van der Waals surface area (Å²) in [6.07, 6.45) is -4.43. The summed E-state index contributed by atoms with van der Waals surface area (Å²) in [5.74, 6) is -0.645. The summed E-state index contributed by atoms with van der Waals surface area (Å²) in [5.41, 5.74) is 1.82. The molecule has 0 saturated heterocycles. The molecule has 0 N–H and O–H groups in total. The summed E-state index contributed by atoms with van der Waals surface area (Å²) in [6.45, 7) is 4.78. The van der Waals surface area contributed by atoms with Crippen LogP contribution in [0.1, 0.15) is 34.8 Å². The van der Waals surface area contributed by atoms with Crippen LogP contribution in [0, 0.1) is 12.8 Å². The van der Waals surface area contributed by atoms with Crippen molar-refractivity contribution in [1.29, 1.82) is 0 Å².